The minimum Gasteiger partial charge on any atom is -0.382 e. The van der Waals surface area contributed by atoms with Gasteiger partial charge in [0.2, 0.25) is 5.91 Å². The average Bonchev–Trinajstić information content (AvgIpc) is 2.52. The zero-order valence-corrected chi connectivity index (χ0v) is 14.6. The lowest BCUT2D eigenvalue weighted by Gasteiger charge is -2.35. The molecule has 1 saturated carbocycles. The lowest BCUT2D eigenvalue weighted by atomic mass is 9.78. The third kappa shape index (κ3) is 4.35. The summed E-state index contributed by atoms with van der Waals surface area (Å²) in [5, 5.41) is 12.1. The summed E-state index contributed by atoms with van der Waals surface area (Å²) >= 11 is 1.25. The lowest BCUT2D eigenvalue weighted by molar-refractivity contribution is -0.121. The normalized spacial score (nSPS) is 25.4. The van der Waals surface area contributed by atoms with Gasteiger partial charge >= 0.3 is 0 Å². The standard InChI is InChI=1S/C16H23N5OS/c1-9-5-4-6-13(10(9)2)20-15(22)11(3)23-16-19-8-12(7-17)14(18)21-16/h8-11,13H,4-6H2,1-3H3,(H,20,22)(H2,18,19,21)/t9-,10-,11-,13+/m0/s1. The summed E-state index contributed by atoms with van der Waals surface area (Å²) in [6.07, 6.45) is 4.82. The predicted molar refractivity (Wildman–Crippen MR) is 90.6 cm³/mol. The van der Waals surface area contributed by atoms with Gasteiger partial charge in [-0.25, -0.2) is 9.97 Å². The van der Waals surface area contributed by atoms with Gasteiger partial charge in [-0.2, -0.15) is 5.26 Å². The van der Waals surface area contributed by atoms with E-state index in [0.717, 1.165) is 12.8 Å². The van der Waals surface area contributed by atoms with Gasteiger partial charge in [0.05, 0.1) is 11.4 Å². The Bertz CT molecular complexity index is 615. The highest BCUT2D eigenvalue weighted by Gasteiger charge is 2.29. The fourth-order valence-corrected chi connectivity index (χ4v) is 3.57. The van der Waals surface area contributed by atoms with Crippen molar-refractivity contribution in [1.82, 2.24) is 15.3 Å². The van der Waals surface area contributed by atoms with E-state index in [4.69, 9.17) is 11.0 Å². The van der Waals surface area contributed by atoms with E-state index in [1.54, 1.807) is 0 Å². The van der Waals surface area contributed by atoms with Crippen LogP contribution < -0.4 is 11.1 Å². The number of hydrogen-bond donors (Lipinski definition) is 2. The second kappa shape index (κ2) is 7.64. The predicted octanol–water partition coefficient (Wildman–Crippen LogP) is 2.35. The molecule has 0 saturated heterocycles. The second-order valence-electron chi connectivity index (χ2n) is 6.21. The Labute approximate surface area is 141 Å². The highest BCUT2D eigenvalue weighted by atomic mass is 32.2. The Morgan fingerprint density at radius 3 is 2.91 bits per heavy atom. The number of carbonyl (C=O) groups excluding carboxylic acids is 1. The molecule has 1 heterocycles. The first-order valence-corrected chi connectivity index (χ1v) is 8.80. The summed E-state index contributed by atoms with van der Waals surface area (Å²) in [7, 11) is 0. The maximum atomic E-state index is 12.4. The van der Waals surface area contributed by atoms with Gasteiger partial charge in [0.25, 0.3) is 0 Å². The summed E-state index contributed by atoms with van der Waals surface area (Å²) < 4.78 is 0. The number of nitriles is 1. The molecule has 1 aromatic heterocycles. The maximum absolute atomic E-state index is 12.4. The van der Waals surface area contributed by atoms with Crippen LogP contribution in [0.2, 0.25) is 0 Å². The summed E-state index contributed by atoms with van der Waals surface area (Å²) in [5.74, 6) is 1.27. The van der Waals surface area contributed by atoms with Gasteiger partial charge in [0.1, 0.15) is 17.5 Å². The summed E-state index contributed by atoms with van der Waals surface area (Å²) in [4.78, 5) is 20.5. The number of nitrogen functional groups attached to an aromatic ring is 1. The number of thioether (sulfide) groups is 1. The van der Waals surface area contributed by atoms with Crippen LogP contribution in [-0.2, 0) is 4.79 Å². The van der Waals surface area contributed by atoms with Crippen molar-refractivity contribution < 1.29 is 4.79 Å². The fourth-order valence-electron chi connectivity index (χ4n) is 2.82. The zero-order valence-electron chi connectivity index (χ0n) is 13.7. The number of carbonyl (C=O) groups is 1. The Hall–Kier alpha value is -1.81. The molecule has 4 atom stereocenters. The van der Waals surface area contributed by atoms with E-state index >= 15 is 0 Å². The van der Waals surface area contributed by atoms with Gasteiger partial charge < -0.3 is 11.1 Å². The molecule has 0 spiro atoms. The smallest absolute Gasteiger partial charge is 0.233 e. The van der Waals surface area contributed by atoms with Crippen molar-refractivity contribution in [2.24, 2.45) is 11.8 Å². The van der Waals surface area contributed by atoms with Gasteiger partial charge in [-0.1, -0.05) is 38.5 Å². The summed E-state index contributed by atoms with van der Waals surface area (Å²) in [6, 6.07) is 2.16. The molecule has 0 aliphatic heterocycles. The maximum Gasteiger partial charge on any atom is 0.233 e. The minimum atomic E-state index is -0.313. The number of anilines is 1. The Kier molecular flexibility index (Phi) is 5.83. The molecule has 0 aromatic carbocycles. The molecular weight excluding hydrogens is 310 g/mol. The van der Waals surface area contributed by atoms with Crippen molar-refractivity contribution in [3.63, 3.8) is 0 Å². The molecule has 1 aliphatic rings. The molecule has 1 aliphatic carbocycles. The van der Waals surface area contributed by atoms with Crippen LogP contribution in [0.1, 0.15) is 45.6 Å². The van der Waals surface area contributed by atoms with Gasteiger partial charge in [-0.05, 0) is 25.2 Å². The van der Waals surface area contributed by atoms with E-state index in [-0.39, 0.29) is 28.6 Å². The quantitative estimate of drug-likeness (QED) is 0.647. The van der Waals surface area contributed by atoms with Crippen LogP contribution in [-0.4, -0.2) is 27.2 Å². The highest BCUT2D eigenvalue weighted by Crippen LogP contribution is 2.30. The summed E-state index contributed by atoms with van der Waals surface area (Å²) in [6.45, 7) is 6.28. The minimum absolute atomic E-state index is 0.00696. The number of nitrogens with zero attached hydrogens (tertiary/aromatic N) is 3. The van der Waals surface area contributed by atoms with Crippen molar-refractivity contribution in [3.05, 3.63) is 11.8 Å². The van der Waals surface area contributed by atoms with E-state index in [9.17, 15) is 4.79 Å². The van der Waals surface area contributed by atoms with E-state index in [0.29, 0.717) is 17.0 Å². The van der Waals surface area contributed by atoms with Gasteiger partial charge in [0.15, 0.2) is 5.16 Å². The molecule has 23 heavy (non-hydrogen) atoms. The molecule has 1 aromatic rings. The molecule has 7 heteroatoms. The lowest BCUT2D eigenvalue weighted by Crippen LogP contribution is -2.46. The van der Waals surface area contributed by atoms with Crippen molar-refractivity contribution in [2.45, 2.75) is 56.5 Å². The number of nitrogens with one attached hydrogen (secondary N) is 1. The Morgan fingerprint density at radius 1 is 1.52 bits per heavy atom. The summed E-state index contributed by atoms with van der Waals surface area (Å²) in [5.41, 5.74) is 5.93. The van der Waals surface area contributed by atoms with Crippen LogP contribution in [0.15, 0.2) is 11.4 Å². The van der Waals surface area contributed by atoms with Gasteiger partial charge in [-0.15, -0.1) is 0 Å². The number of hydrogen-bond acceptors (Lipinski definition) is 6. The molecule has 0 radical (unpaired) electrons. The van der Waals surface area contributed by atoms with Crippen LogP contribution in [0.4, 0.5) is 5.82 Å². The number of amides is 1. The zero-order chi connectivity index (χ0) is 17.0. The van der Waals surface area contributed by atoms with Crippen LogP contribution in [0, 0.1) is 23.2 Å². The average molecular weight is 333 g/mol. The van der Waals surface area contributed by atoms with Gasteiger partial charge in [-0.3, -0.25) is 4.79 Å². The highest BCUT2D eigenvalue weighted by molar-refractivity contribution is 8.00. The monoisotopic (exact) mass is 333 g/mol. The molecule has 6 nitrogen and oxygen atoms in total. The van der Waals surface area contributed by atoms with E-state index in [1.165, 1.54) is 24.4 Å². The third-order valence-electron chi connectivity index (χ3n) is 4.60. The largest absolute Gasteiger partial charge is 0.382 e. The molecule has 1 fully saturated rings. The number of rotatable bonds is 4. The first-order chi connectivity index (χ1) is 10.9. The van der Waals surface area contributed by atoms with Crippen LogP contribution in [0.5, 0.6) is 0 Å². The molecule has 3 N–H and O–H groups in total. The van der Waals surface area contributed by atoms with Crippen LogP contribution >= 0.6 is 11.8 Å². The molecule has 0 unspecified atom stereocenters. The van der Waals surface area contributed by atoms with E-state index in [1.807, 2.05) is 13.0 Å². The van der Waals surface area contributed by atoms with Crippen LogP contribution in [0.3, 0.4) is 0 Å². The Balaban J connectivity index is 1.95. The van der Waals surface area contributed by atoms with Crippen molar-refractivity contribution >= 4 is 23.5 Å². The number of nitrogens with two attached hydrogens (primary N) is 1. The van der Waals surface area contributed by atoms with Gasteiger partial charge in [0, 0.05) is 6.04 Å². The molecular formula is C16H23N5OS. The van der Waals surface area contributed by atoms with Crippen molar-refractivity contribution in [3.8, 4) is 6.07 Å². The number of aromatic nitrogens is 2. The first-order valence-electron chi connectivity index (χ1n) is 7.92. The third-order valence-corrected chi connectivity index (χ3v) is 5.58. The van der Waals surface area contributed by atoms with E-state index < -0.39 is 0 Å². The second-order valence-corrected chi connectivity index (χ2v) is 7.51. The molecule has 2 rings (SSSR count). The van der Waals surface area contributed by atoms with Crippen molar-refractivity contribution in [1.29, 1.82) is 5.26 Å². The topological polar surface area (TPSA) is 105 Å². The van der Waals surface area contributed by atoms with Crippen molar-refractivity contribution in [2.75, 3.05) is 5.73 Å². The Morgan fingerprint density at radius 2 is 2.26 bits per heavy atom. The van der Waals surface area contributed by atoms with Crippen LogP contribution in [0.25, 0.3) is 0 Å². The molecule has 1 amide bonds. The SMILES string of the molecule is C[C@H]1[C@@H](C)CCC[C@H]1NC(=O)[C@H](C)Sc1ncc(C#N)c(N)n1. The van der Waals surface area contributed by atoms with E-state index in [2.05, 4.69) is 29.1 Å². The molecule has 0 bridgehead atoms. The first kappa shape index (κ1) is 17.5. The fraction of sp³-hybridized carbons (Fsp3) is 0.625. The molecule has 124 valence electrons.